The summed E-state index contributed by atoms with van der Waals surface area (Å²) in [5.41, 5.74) is 0.803. The van der Waals surface area contributed by atoms with Crippen molar-refractivity contribution in [2.75, 3.05) is 0 Å². The van der Waals surface area contributed by atoms with Gasteiger partial charge in [0.05, 0.1) is 17.6 Å². The molecule has 2 fully saturated rings. The van der Waals surface area contributed by atoms with E-state index in [1.165, 1.54) is 12.1 Å². The van der Waals surface area contributed by atoms with Gasteiger partial charge in [0.2, 0.25) is 11.8 Å². The van der Waals surface area contributed by atoms with Crippen molar-refractivity contribution in [1.29, 1.82) is 0 Å². The minimum Gasteiger partial charge on any atom is -0.392 e. The average molecular weight is 437 g/mol. The zero-order valence-electron chi connectivity index (χ0n) is 18.2. The van der Waals surface area contributed by atoms with E-state index in [4.69, 9.17) is 0 Å². The topological polar surface area (TPSA) is 113 Å². The highest BCUT2D eigenvalue weighted by Gasteiger charge is 2.59. The number of aliphatic hydroxyl groups is 1. The highest BCUT2D eigenvalue weighted by Crippen LogP contribution is 2.51. The van der Waals surface area contributed by atoms with Crippen LogP contribution in [0.4, 0.5) is 5.69 Å². The van der Waals surface area contributed by atoms with E-state index in [2.05, 4.69) is 5.32 Å². The van der Waals surface area contributed by atoms with Crippen LogP contribution < -0.4 is 5.32 Å². The number of nitro groups is 1. The first kappa shape index (κ1) is 22.0. The lowest BCUT2D eigenvalue weighted by Gasteiger charge is -2.39. The Labute approximate surface area is 186 Å². The molecule has 0 unspecified atom stereocenters. The van der Waals surface area contributed by atoms with E-state index in [9.17, 15) is 24.8 Å². The van der Waals surface area contributed by atoms with Crippen LogP contribution in [0.1, 0.15) is 55.8 Å². The number of likely N-dealkylation sites (tertiary alicyclic amines) is 1. The van der Waals surface area contributed by atoms with Crippen molar-refractivity contribution in [3.05, 3.63) is 75.3 Å². The summed E-state index contributed by atoms with van der Waals surface area (Å²) in [4.78, 5) is 39.5. The van der Waals surface area contributed by atoms with Crippen molar-refractivity contribution in [2.45, 2.75) is 63.3 Å². The van der Waals surface area contributed by atoms with E-state index < -0.39 is 16.4 Å². The predicted octanol–water partition coefficient (Wildman–Crippen LogP) is 2.99. The number of nitrogens with zero attached hydrogens (tertiary/aromatic N) is 2. The molecule has 1 heterocycles. The van der Waals surface area contributed by atoms with Crippen molar-refractivity contribution in [1.82, 2.24) is 10.2 Å². The lowest BCUT2D eigenvalue weighted by Crippen LogP contribution is -2.49. The Hall–Kier alpha value is -3.26. The fourth-order valence-corrected chi connectivity index (χ4v) is 4.66. The molecule has 0 spiro atoms. The molecule has 1 saturated carbocycles. The molecular formula is C24H27N3O5. The van der Waals surface area contributed by atoms with Crippen molar-refractivity contribution in [2.24, 2.45) is 0 Å². The Bertz CT molecular complexity index is 1030. The second kappa shape index (κ2) is 8.35. The number of rotatable bonds is 7. The minimum absolute atomic E-state index is 0.0199. The summed E-state index contributed by atoms with van der Waals surface area (Å²) in [5.74, 6) is -0.373. The third kappa shape index (κ3) is 3.75. The number of benzene rings is 2. The SMILES string of the molecule is CC(C)N1C(=O)C[C@@](C(=O)NC2CC2)(c2ccc([N+](=O)[O-])cc2)[C@H]1c1ccc(CO)cc1. The zero-order chi connectivity index (χ0) is 23.0. The molecule has 2 amide bonds. The maximum absolute atomic E-state index is 13.8. The van der Waals surface area contributed by atoms with Crippen molar-refractivity contribution >= 4 is 17.5 Å². The summed E-state index contributed by atoms with van der Waals surface area (Å²) in [6, 6.07) is 12.6. The molecule has 2 aliphatic rings. The van der Waals surface area contributed by atoms with E-state index in [-0.39, 0.29) is 42.6 Å². The molecular weight excluding hydrogens is 410 g/mol. The number of aliphatic hydroxyl groups excluding tert-OH is 1. The Morgan fingerprint density at radius 1 is 1.19 bits per heavy atom. The maximum atomic E-state index is 13.8. The number of carbonyl (C=O) groups is 2. The lowest BCUT2D eigenvalue weighted by atomic mass is 9.70. The van der Waals surface area contributed by atoms with E-state index in [1.54, 1.807) is 29.2 Å². The van der Waals surface area contributed by atoms with Gasteiger partial charge in [-0.25, -0.2) is 0 Å². The van der Waals surface area contributed by atoms with Gasteiger partial charge in [0, 0.05) is 30.6 Å². The molecule has 1 aliphatic heterocycles. The minimum atomic E-state index is -1.22. The molecule has 2 aromatic rings. The summed E-state index contributed by atoms with van der Waals surface area (Å²) in [6.45, 7) is 3.73. The smallest absolute Gasteiger partial charge is 0.269 e. The standard InChI is InChI=1S/C24H27N3O5/c1-15(2)26-21(29)13-24(23(30)25-19-9-10-19,18-7-11-20(12-8-18)27(31)32)22(26)17-5-3-16(14-28)4-6-17/h3-8,11-12,15,19,22,28H,9-10,13-14H2,1-2H3,(H,25,30)/t22-,24-/m1/s1. The molecule has 1 aliphatic carbocycles. The van der Waals surface area contributed by atoms with Crippen LogP contribution in [0.5, 0.6) is 0 Å². The monoisotopic (exact) mass is 437 g/mol. The summed E-state index contributed by atoms with van der Waals surface area (Å²) in [5, 5.41) is 23.7. The molecule has 2 aromatic carbocycles. The number of amides is 2. The Morgan fingerprint density at radius 2 is 1.81 bits per heavy atom. The predicted molar refractivity (Wildman–Crippen MR) is 118 cm³/mol. The molecule has 0 radical (unpaired) electrons. The second-order valence-corrected chi connectivity index (χ2v) is 8.90. The van der Waals surface area contributed by atoms with Gasteiger partial charge in [-0.3, -0.25) is 19.7 Å². The summed E-state index contributed by atoms with van der Waals surface area (Å²) in [7, 11) is 0. The maximum Gasteiger partial charge on any atom is 0.269 e. The fraction of sp³-hybridized carbons (Fsp3) is 0.417. The molecule has 2 N–H and O–H groups in total. The van der Waals surface area contributed by atoms with Gasteiger partial charge < -0.3 is 15.3 Å². The third-order valence-corrected chi connectivity index (χ3v) is 6.41. The van der Waals surface area contributed by atoms with Gasteiger partial charge in [-0.05, 0) is 43.4 Å². The van der Waals surface area contributed by atoms with Gasteiger partial charge in [0.1, 0.15) is 5.41 Å². The number of nitrogens with one attached hydrogen (secondary N) is 1. The van der Waals surface area contributed by atoms with Crippen molar-refractivity contribution in [3.63, 3.8) is 0 Å². The highest BCUT2D eigenvalue weighted by molar-refractivity contribution is 5.98. The van der Waals surface area contributed by atoms with Crippen LogP contribution in [0, 0.1) is 10.1 Å². The molecule has 0 bridgehead atoms. The number of nitro benzene ring substituents is 1. The number of non-ortho nitro benzene ring substituents is 1. The first-order valence-electron chi connectivity index (χ1n) is 10.8. The van der Waals surface area contributed by atoms with Crippen LogP contribution in [-0.2, 0) is 21.6 Å². The quantitative estimate of drug-likeness (QED) is 0.511. The van der Waals surface area contributed by atoms with Gasteiger partial charge in [-0.1, -0.05) is 36.4 Å². The first-order chi connectivity index (χ1) is 15.3. The number of carbonyl (C=O) groups excluding carboxylic acids is 2. The molecule has 2 atom stereocenters. The van der Waals surface area contributed by atoms with Crippen LogP contribution in [0.2, 0.25) is 0 Å². The van der Waals surface area contributed by atoms with E-state index in [1.807, 2.05) is 26.0 Å². The Morgan fingerprint density at radius 3 is 2.31 bits per heavy atom. The van der Waals surface area contributed by atoms with Crippen molar-refractivity contribution in [3.8, 4) is 0 Å². The van der Waals surface area contributed by atoms with Crippen molar-refractivity contribution < 1.29 is 19.6 Å². The molecule has 0 aromatic heterocycles. The Balaban J connectivity index is 1.90. The highest BCUT2D eigenvalue weighted by atomic mass is 16.6. The third-order valence-electron chi connectivity index (χ3n) is 6.41. The summed E-state index contributed by atoms with van der Waals surface area (Å²) in [6.07, 6.45) is 1.79. The van der Waals surface area contributed by atoms with Gasteiger partial charge in [-0.2, -0.15) is 0 Å². The fourth-order valence-electron chi connectivity index (χ4n) is 4.66. The van der Waals surface area contributed by atoms with E-state index in [0.717, 1.165) is 24.0 Å². The summed E-state index contributed by atoms with van der Waals surface area (Å²) < 4.78 is 0. The largest absolute Gasteiger partial charge is 0.392 e. The average Bonchev–Trinajstić information content (AvgIpc) is 3.53. The lowest BCUT2D eigenvalue weighted by molar-refractivity contribution is -0.384. The van der Waals surface area contributed by atoms with Crippen LogP contribution >= 0.6 is 0 Å². The molecule has 8 heteroatoms. The van der Waals surface area contributed by atoms with E-state index >= 15 is 0 Å². The van der Waals surface area contributed by atoms with Gasteiger partial charge in [0.25, 0.3) is 5.69 Å². The van der Waals surface area contributed by atoms with Crippen LogP contribution in [0.25, 0.3) is 0 Å². The molecule has 1 saturated heterocycles. The molecule has 4 rings (SSSR count). The van der Waals surface area contributed by atoms with Crippen LogP contribution in [0.15, 0.2) is 48.5 Å². The van der Waals surface area contributed by atoms with Crippen LogP contribution in [0.3, 0.4) is 0 Å². The first-order valence-corrected chi connectivity index (χ1v) is 10.8. The van der Waals surface area contributed by atoms with Gasteiger partial charge in [-0.15, -0.1) is 0 Å². The molecule has 32 heavy (non-hydrogen) atoms. The molecule has 168 valence electrons. The number of hydrogen-bond donors (Lipinski definition) is 2. The summed E-state index contributed by atoms with van der Waals surface area (Å²) >= 11 is 0. The van der Waals surface area contributed by atoms with Crippen LogP contribution in [-0.4, -0.2) is 38.8 Å². The molecule has 8 nitrogen and oxygen atoms in total. The Kier molecular flexibility index (Phi) is 5.73. The van der Waals surface area contributed by atoms with Gasteiger partial charge in [0.15, 0.2) is 0 Å². The van der Waals surface area contributed by atoms with E-state index in [0.29, 0.717) is 5.56 Å². The number of hydrogen-bond acceptors (Lipinski definition) is 5. The zero-order valence-corrected chi connectivity index (χ0v) is 18.2. The van der Waals surface area contributed by atoms with Gasteiger partial charge >= 0.3 is 0 Å². The second-order valence-electron chi connectivity index (χ2n) is 8.90. The normalized spacial score (nSPS) is 22.9.